The van der Waals surface area contributed by atoms with Gasteiger partial charge in [0, 0.05) is 19.8 Å². The van der Waals surface area contributed by atoms with Crippen molar-refractivity contribution in [2.45, 2.75) is 20.3 Å². The highest BCUT2D eigenvalue weighted by Gasteiger charge is 2.09. The Hall–Kier alpha value is -1.22. The highest BCUT2D eigenvalue weighted by Crippen LogP contribution is 2.22. The number of hydrogen-bond donors (Lipinski definition) is 1. The van der Waals surface area contributed by atoms with Gasteiger partial charge in [-0.15, -0.1) is 12.4 Å². The van der Waals surface area contributed by atoms with Crippen LogP contribution in [0.25, 0.3) is 0 Å². The zero-order valence-corrected chi connectivity index (χ0v) is 10.9. The van der Waals surface area contributed by atoms with Crippen LogP contribution >= 0.6 is 12.4 Å². The molecule has 1 aromatic rings. The number of carbonyl (C=O) groups is 1. The summed E-state index contributed by atoms with van der Waals surface area (Å²) in [4.78, 5) is 12.7. The average Bonchev–Trinajstić information content (AvgIpc) is 2.10. The summed E-state index contributed by atoms with van der Waals surface area (Å²) < 4.78 is 0. The lowest BCUT2D eigenvalue weighted by atomic mass is 9.99. The number of carboxylic acids is 1. The van der Waals surface area contributed by atoms with Crippen LogP contribution in [-0.4, -0.2) is 25.2 Å². The maximum atomic E-state index is 10.7. The number of aliphatic carboxylic acids is 1. The third-order valence-corrected chi connectivity index (χ3v) is 2.53. The summed E-state index contributed by atoms with van der Waals surface area (Å²) in [6.07, 6.45) is 0.103. The Labute approximate surface area is 102 Å². The predicted octanol–water partition coefficient (Wildman–Crippen LogP) is 2.42. The second-order valence-electron chi connectivity index (χ2n) is 4.02. The van der Waals surface area contributed by atoms with Crippen molar-refractivity contribution in [1.82, 2.24) is 0 Å². The zero-order chi connectivity index (χ0) is 11.6. The third kappa shape index (κ3) is 3.42. The van der Waals surface area contributed by atoms with Crippen LogP contribution in [0.1, 0.15) is 16.7 Å². The summed E-state index contributed by atoms with van der Waals surface area (Å²) in [5.41, 5.74) is 4.12. The van der Waals surface area contributed by atoms with Gasteiger partial charge in [0.15, 0.2) is 0 Å². The molecule has 0 saturated heterocycles. The molecule has 0 aliphatic heterocycles. The van der Waals surface area contributed by atoms with E-state index in [2.05, 4.69) is 0 Å². The summed E-state index contributed by atoms with van der Waals surface area (Å²) in [5.74, 6) is -0.779. The Morgan fingerprint density at radius 2 is 1.69 bits per heavy atom. The molecule has 1 N–H and O–H groups in total. The van der Waals surface area contributed by atoms with Gasteiger partial charge in [-0.3, -0.25) is 4.79 Å². The Balaban J connectivity index is 0.00000225. The number of carboxylic acid groups (broad SMARTS) is 1. The highest BCUT2D eigenvalue weighted by atomic mass is 35.5. The molecule has 3 nitrogen and oxygen atoms in total. The Kier molecular flexibility index (Phi) is 5.31. The summed E-state index contributed by atoms with van der Waals surface area (Å²) in [6.45, 7) is 3.91. The molecule has 0 aliphatic carbocycles. The van der Waals surface area contributed by atoms with Crippen LogP contribution in [0.3, 0.4) is 0 Å². The lowest BCUT2D eigenvalue weighted by Gasteiger charge is -2.17. The van der Waals surface area contributed by atoms with Crippen LogP contribution in [0.15, 0.2) is 12.1 Å². The molecule has 4 heteroatoms. The average molecular weight is 244 g/mol. The van der Waals surface area contributed by atoms with Crippen LogP contribution in [0.5, 0.6) is 0 Å². The number of nitrogens with zero attached hydrogens (tertiary/aromatic N) is 1. The van der Waals surface area contributed by atoms with Crippen LogP contribution in [0.4, 0.5) is 5.69 Å². The maximum Gasteiger partial charge on any atom is 0.307 e. The van der Waals surface area contributed by atoms with Crippen molar-refractivity contribution in [2.24, 2.45) is 0 Å². The molecule has 0 amide bonds. The minimum absolute atomic E-state index is 0. The Morgan fingerprint density at radius 3 is 2.00 bits per heavy atom. The minimum Gasteiger partial charge on any atom is -0.481 e. The van der Waals surface area contributed by atoms with Crippen LogP contribution in [0.2, 0.25) is 0 Å². The first-order valence-electron chi connectivity index (χ1n) is 4.91. The smallest absolute Gasteiger partial charge is 0.307 e. The molecule has 0 fully saturated rings. The van der Waals surface area contributed by atoms with E-state index in [1.807, 2.05) is 45.0 Å². The fraction of sp³-hybridized carbons (Fsp3) is 0.417. The number of halogens is 1. The highest BCUT2D eigenvalue weighted by molar-refractivity contribution is 5.85. The van der Waals surface area contributed by atoms with E-state index < -0.39 is 5.97 Å². The van der Waals surface area contributed by atoms with Gasteiger partial charge in [-0.25, -0.2) is 0 Å². The normalized spacial score (nSPS) is 9.50. The van der Waals surface area contributed by atoms with E-state index >= 15 is 0 Å². The van der Waals surface area contributed by atoms with Crippen molar-refractivity contribution in [2.75, 3.05) is 19.0 Å². The Bertz CT molecular complexity index is 366. The van der Waals surface area contributed by atoms with E-state index in [1.54, 1.807) is 0 Å². The SMILES string of the molecule is Cc1cc(N(C)C)cc(C)c1CC(=O)O.Cl. The summed E-state index contributed by atoms with van der Waals surface area (Å²) in [7, 11) is 3.95. The van der Waals surface area contributed by atoms with Crippen molar-refractivity contribution in [1.29, 1.82) is 0 Å². The van der Waals surface area contributed by atoms with E-state index in [0.29, 0.717) is 0 Å². The molecule has 0 saturated carbocycles. The number of rotatable bonds is 3. The van der Waals surface area contributed by atoms with Gasteiger partial charge in [0.25, 0.3) is 0 Å². The van der Waals surface area contributed by atoms with E-state index in [-0.39, 0.29) is 18.8 Å². The molecule has 0 bridgehead atoms. The second-order valence-corrected chi connectivity index (χ2v) is 4.02. The van der Waals surface area contributed by atoms with E-state index in [4.69, 9.17) is 5.11 Å². The molecule has 0 atom stereocenters. The molecular formula is C12H18ClNO2. The van der Waals surface area contributed by atoms with Crippen molar-refractivity contribution in [3.63, 3.8) is 0 Å². The largest absolute Gasteiger partial charge is 0.481 e. The molecule has 16 heavy (non-hydrogen) atoms. The van der Waals surface area contributed by atoms with Gasteiger partial charge in [-0.2, -0.15) is 0 Å². The molecule has 0 aliphatic rings. The lowest BCUT2D eigenvalue weighted by Crippen LogP contribution is -2.11. The minimum atomic E-state index is -0.779. The second kappa shape index (κ2) is 5.75. The van der Waals surface area contributed by atoms with Gasteiger partial charge in [0.05, 0.1) is 6.42 Å². The standard InChI is InChI=1S/C12H17NO2.ClH/c1-8-5-10(13(3)4)6-9(2)11(8)7-12(14)15;/h5-6H,7H2,1-4H3,(H,14,15);1H. The molecule has 1 aromatic carbocycles. The molecular weight excluding hydrogens is 226 g/mol. The third-order valence-electron chi connectivity index (χ3n) is 2.53. The fourth-order valence-electron chi connectivity index (χ4n) is 1.66. The molecule has 0 aromatic heterocycles. The zero-order valence-electron chi connectivity index (χ0n) is 10.1. The summed E-state index contributed by atoms with van der Waals surface area (Å²) in [6, 6.07) is 4.04. The monoisotopic (exact) mass is 243 g/mol. The molecule has 0 heterocycles. The van der Waals surface area contributed by atoms with Crippen molar-refractivity contribution >= 4 is 24.1 Å². The molecule has 0 spiro atoms. The molecule has 1 rings (SSSR count). The number of anilines is 1. The number of benzene rings is 1. The first kappa shape index (κ1) is 14.8. The van der Waals surface area contributed by atoms with Crippen molar-refractivity contribution < 1.29 is 9.90 Å². The van der Waals surface area contributed by atoms with Gasteiger partial charge >= 0.3 is 5.97 Å². The van der Waals surface area contributed by atoms with E-state index in [1.165, 1.54) is 0 Å². The van der Waals surface area contributed by atoms with Gasteiger partial charge in [-0.1, -0.05) is 0 Å². The molecule has 0 radical (unpaired) electrons. The van der Waals surface area contributed by atoms with Crippen LogP contribution in [0, 0.1) is 13.8 Å². The predicted molar refractivity (Wildman–Crippen MR) is 68.8 cm³/mol. The van der Waals surface area contributed by atoms with E-state index in [9.17, 15) is 4.79 Å². The first-order valence-corrected chi connectivity index (χ1v) is 4.91. The van der Waals surface area contributed by atoms with Crippen molar-refractivity contribution in [3.8, 4) is 0 Å². The first-order chi connectivity index (χ1) is 6.91. The molecule has 90 valence electrons. The van der Waals surface area contributed by atoms with Crippen molar-refractivity contribution in [3.05, 3.63) is 28.8 Å². The summed E-state index contributed by atoms with van der Waals surface area (Å²) >= 11 is 0. The topological polar surface area (TPSA) is 40.5 Å². The Morgan fingerprint density at radius 1 is 1.25 bits per heavy atom. The number of aryl methyl sites for hydroxylation is 2. The maximum absolute atomic E-state index is 10.7. The fourth-order valence-corrected chi connectivity index (χ4v) is 1.66. The quantitative estimate of drug-likeness (QED) is 0.887. The van der Waals surface area contributed by atoms with Gasteiger partial charge in [0.1, 0.15) is 0 Å². The number of hydrogen-bond acceptors (Lipinski definition) is 2. The van der Waals surface area contributed by atoms with Gasteiger partial charge in [0.2, 0.25) is 0 Å². The van der Waals surface area contributed by atoms with E-state index in [0.717, 1.165) is 22.4 Å². The molecule has 0 unspecified atom stereocenters. The van der Waals surface area contributed by atoms with Crippen LogP contribution < -0.4 is 4.90 Å². The summed E-state index contributed by atoms with van der Waals surface area (Å²) in [5, 5.41) is 8.78. The lowest BCUT2D eigenvalue weighted by molar-refractivity contribution is -0.136. The van der Waals surface area contributed by atoms with Gasteiger partial charge < -0.3 is 10.0 Å². The van der Waals surface area contributed by atoms with Crippen LogP contribution in [-0.2, 0) is 11.2 Å². The van der Waals surface area contributed by atoms with Gasteiger partial charge in [-0.05, 0) is 42.7 Å².